The number of rotatable bonds is 8. The Morgan fingerprint density at radius 3 is 2.38 bits per heavy atom. The van der Waals surface area contributed by atoms with E-state index in [4.69, 9.17) is 4.74 Å². The van der Waals surface area contributed by atoms with Gasteiger partial charge in [0.2, 0.25) is 11.8 Å². The SMILES string of the molecule is CN(CC(=O)Nc1ccccc1Br)C(=O)CCCOc1ccccc1Br. The maximum Gasteiger partial charge on any atom is 0.244 e. The molecule has 0 saturated carbocycles. The first kappa shape index (κ1) is 20.5. The average Bonchev–Trinajstić information content (AvgIpc) is 2.61. The van der Waals surface area contributed by atoms with E-state index in [1.807, 2.05) is 42.5 Å². The molecule has 2 rings (SSSR count). The Morgan fingerprint density at radius 2 is 1.69 bits per heavy atom. The van der Waals surface area contributed by atoms with Crippen LogP contribution in [0.4, 0.5) is 5.69 Å². The summed E-state index contributed by atoms with van der Waals surface area (Å²) in [4.78, 5) is 25.6. The van der Waals surface area contributed by atoms with Crippen molar-refractivity contribution in [1.29, 1.82) is 0 Å². The number of amides is 2. The highest BCUT2D eigenvalue weighted by atomic mass is 79.9. The number of carbonyl (C=O) groups excluding carboxylic acids is 2. The topological polar surface area (TPSA) is 58.6 Å². The fourth-order valence-electron chi connectivity index (χ4n) is 2.21. The van der Waals surface area contributed by atoms with E-state index in [2.05, 4.69) is 37.2 Å². The Bertz CT molecular complexity index is 768. The Morgan fingerprint density at radius 1 is 1.04 bits per heavy atom. The van der Waals surface area contributed by atoms with E-state index in [1.54, 1.807) is 13.1 Å². The summed E-state index contributed by atoms with van der Waals surface area (Å²) in [6, 6.07) is 14.9. The van der Waals surface area contributed by atoms with Crippen LogP contribution < -0.4 is 10.1 Å². The van der Waals surface area contributed by atoms with E-state index in [0.29, 0.717) is 25.1 Å². The fraction of sp³-hybridized carbons (Fsp3) is 0.263. The van der Waals surface area contributed by atoms with Crippen molar-refractivity contribution >= 4 is 49.4 Å². The number of ether oxygens (including phenoxy) is 1. The molecule has 0 heterocycles. The third kappa shape index (κ3) is 6.46. The Labute approximate surface area is 170 Å². The zero-order valence-electron chi connectivity index (χ0n) is 14.4. The van der Waals surface area contributed by atoms with Gasteiger partial charge in [0.05, 0.1) is 23.3 Å². The summed E-state index contributed by atoms with van der Waals surface area (Å²) in [7, 11) is 1.62. The molecule has 0 saturated heterocycles. The molecule has 2 aromatic carbocycles. The average molecular weight is 484 g/mol. The van der Waals surface area contributed by atoms with Gasteiger partial charge in [-0.3, -0.25) is 9.59 Å². The molecule has 0 spiro atoms. The number of carbonyl (C=O) groups is 2. The molecule has 2 amide bonds. The van der Waals surface area contributed by atoms with E-state index in [9.17, 15) is 9.59 Å². The molecule has 0 aromatic heterocycles. The van der Waals surface area contributed by atoms with Crippen molar-refractivity contribution in [2.45, 2.75) is 12.8 Å². The minimum absolute atomic E-state index is 0.00522. The summed E-state index contributed by atoms with van der Waals surface area (Å²) in [6.45, 7) is 0.441. The van der Waals surface area contributed by atoms with Gasteiger partial charge < -0.3 is 15.0 Å². The first-order chi connectivity index (χ1) is 12.5. The number of benzene rings is 2. The fourth-order valence-corrected chi connectivity index (χ4v) is 3.00. The second-order valence-electron chi connectivity index (χ2n) is 5.66. The lowest BCUT2D eigenvalue weighted by Gasteiger charge is -2.17. The third-order valence-electron chi connectivity index (χ3n) is 3.58. The molecule has 0 aliphatic heterocycles. The molecule has 5 nitrogen and oxygen atoms in total. The number of para-hydroxylation sites is 2. The Balaban J connectivity index is 1.71. The van der Waals surface area contributed by atoms with Gasteiger partial charge in [0, 0.05) is 17.9 Å². The van der Waals surface area contributed by atoms with Crippen molar-refractivity contribution < 1.29 is 14.3 Å². The minimum atomic E-state index is -0.239. The number of likely N-dealkylation sites (N-methyl/N-ethyl adjacent to an activating group) is 1. The lowest BCUT2D eigenvalue weighted by atomic mass is 10.3. The summed E-state index contributed by atoms with van der Waals surface area (Å²) in [5.74, 6) is 0.418. The first-order valence-electron chi connectivity index (χ1n) is 8.13. The maximum atomic E-state index is 12.1. The van der Waals surface area contributed by atoms with E-state index in [1.165, 1.54) is 4.90 Å². The standard InChI is InChI=1S/C19H20Br2N2O3/c1-23(13-18(24)22-16-9-4-2-7-14(16)20)19(25)11-6-12-26-17-10-5-3-8-15(17)21/h2-5,7-10H,6,11-13H2,1H3,(H,22,24). The molecule has 0 atom stereocenters. The van der Waals surface area contributed by atoms with Crippen LogP contribution in [0.25, 0.3) is 0 Å². The maximum absolute atomic E-state index is 12.1. The monoisotopic (exact) mass is 482 g/mol. The van der Waals surface area contributed by atoms with Crippen molar-refractivity contribution in [3.8, 4) is 5.75 Å². The summed E-state index contributed by atoms with van der Waals surface area (Å²) >= 11 is 6.79. The van der Waals surface area contributed by atoms with Crippen LogP contribution in [0.15, 0.2) is 57.5 Å². The smallest absolute Gasteiger partial charge is 0.244 e. The van der Waals surface area contributed by atoms with Crippen molar-refractivity contribution in [3.63, 3.8) is 0 Å². The first-order valence-corrected chi connectivity index (χ1v) is 9.71. The molecule has 0 aliphatic rings. The van der Waals surface area contributed by atoms with Crippen LogP contribution in [0.1, 0.15) is 12.8 Å². The van der Waals surface area contributed by atoms with Gasteiger partial charge in [-0.15, -0.1) is 0 Å². The van der Waals surface area contributed by atoms with Gasteiger partial charge in [-0.1, -0.05) is 24.3 Å². The van der Waals surface area contributed by atoms with Crippen LogP contribution in [-0.4, -0.2) is 36.9 Å². The van der Waals surface area contributed by atoms with Crippen LogP contribution in [-0.2, 0) is 9.59 Å². The molecular formula is C19H20Br2N2O3. The number of anilines is 1. The highest BCUT2D eigenvalue weighted by molar-refractivity contribution is 9.11. The minimum Gasteiger partial charge on any atom is -0.492 e. The largest absolute Gasteiger partial charge is 0.492 e. The molecule has 0 fully saturated rings. The number of nitrogens with one attached hydrogen (secondary N) is 1. The predicted molar refractivity (Wildman–Crippen MR) is 109 cm³/mol. The van der Waals surface area contributed by atoms with Gasteiger partial charge in [0.15, 0.2) is 0 Å². The molecule has 2 aromatic rings. The van der Waals surface area contributed by atoms with Crippen LogP contribution in [0, 0.1) is 0 Å². The van der Waals surface area contributed by atoms with Gasteiger partial charge in [-0.25, -0.2) is 0 Å². The molecule has 1 N–H and O–H groups in total. The summed E-state index contributed by atoms with van der Waals surface area (Å²) in [5, 5.41) is 2.78. The molecule has 138 valence electrons. The number of hydrogen-bond acceptors (Lipinski definition) is 3. The van der Waals surface area contributed by atoms with Gasteiger partial charge >= 0.3 is 0 Å². The van der Waals surface area contributed by atoms with Crippen LogP contribution in [0.3, 0.4) is 0 Å². The summed E-state index contributed by atoms with van der Waals surface area (Å²) in [5.41, 5.74) is 0.681. The second-order valence-corrected chi connectivity index (χ2v) is 7.37. The normalized spacial score (nSPS) is 10.3. The Hall–Kier alpha value is -1.86. The highest BCUT2D eigenvalue weighted by Gasteiger charge is 2.13. The molecule has 0 bridgehead atoms. The van der Waals surface area contributed by atoms with E-state index < -0.39 is 0 Å². The summed E-state index contributed by atoms with van der Waals surface area (Å²) < 4.78 is 7.32. The lowest BCUT2D eigenvalue weighted by molar-refractivity contribution is -0.133. The Kier molecular flexibility index (Phi) is 8.12. The number of halogens is 2. The van der Waals surface area contributed by atoms with Crippen molar-refractivity contribution in [2.24, 2.45) is 0 Å². The predicted octanol–water partition coefficient (Wildman–Crippen LogP) is 4.47. The van der Waals surface area contributed by atoms with Crippen molar-refractivity contribution in [2.75, 3.05) is 25.5 Å². The van der Waals surface area contributed by atoms with Crippen LogP contribution in [0.5, 0.6) is 5.75 Å². The zero-order valence-corrected chi connectivity index (χ0v) is 17.5. The van der Waals surface area contributed by atoms with Crippen molar-refractivity contribution in [3.05, 3.63) is 57.5 Å². The van der Waals surface area contributed by atoms with Gasteiger partial charge in [0.25, 0.3) is 0 Å². The number of hydrogen-bond donors (Lipinski definition) is 1. The van der Waals surface area contributed by atoms with E-state index in [0.717, 1.165) is 14.7 Å². The lowest BCUT2D eigenvalue weighted by Crippen LogP contribution is -2.35. The highest BCUT2D eigenvalue weighted by Crippen LogP contribution is 2.24. The number of nitrogens with zero attached hydrogens (tertiary/aromatic N) is 1. The van der Waals surface area contributed by atoms with Crippen LogP contribution >= 0.6 is 31.9 Å². The van der Waals surface area contributed by atoms with Crippen LogP contribution in [0.2, 0.25) is 0 Å². The van der Waals surface area contributed by atoms with Gasteiger partial charge in [-0.2, -0.15) is 0 Å². The molecule has 0 radical (unpaired) electrons. The second kappa shape index (κ2) is 10.3. The van der Waals surface area contributed by atoms with E-state index >= 15 is 0 Å². The molecule has 26 heavy (non-hydrogen) atoms. The molecule has 0 aliphatic carbocycles. The molecule has 7 heteroatoms. The van der Waals surface area contributed by atoms with Gasteiger partial charge in [-0.05, 0) is 62.5 Å². The quantitative estimate of drug-likeness (QED) is 0.563. The van der Waals surface area contributed by atoms with Crippen molar-refractivity contribution in [1.82, 2.24) is 4.90 Å². The molecule has 0 unspecified atom stereocenters. The third-order valence-corrected chi connectivity index (χ3v) is 4.93. The zero-order chi connectivity index (χ0) is 18.9. The van der Waals surface area contributed by atoms with Gasteiger partial charge in [0.1, 0.15) is 5.75 Å². The van der Waals surface area contributed by atoms with E-state index in [-0.39, 0.29) is 18.4 Å². The molecular weight excluding hydrogens is 464 g/mol. The summed E-state index contributed by atoms with van der Waals surface area (Å²) in [6.07, 6.45) is 0.902.